The van der Waals surface area contributed by atoms with Crippen LogP contribution in [0.1, 0.15) is 5.89 Å². The van der Waals surface area contributed by atoms with Crippen LogP contribution in [0.2, 0.25) is 5.02 Å². The molecule has 1 heterocycles. The van der Waals surface area contributed by atoms with E-state index in [4.69, 9.17) is 21.2 Å². The van der Waals surface area contributed by atoms with Gasteiger partial charge in [0.05, 0.1) is 13.2 Å². The zero-order valence-electron chi connectivity index (χ0n) is 11.0. The van der Waals surface area contributed by atoms with Crippen molar-refractivity contribution < 1.29 is 9.63 Å². The van der Waals surface area contributed by atoms with Gasteiger partial charge in [0.25, 0.3) is 0 Å². The highest BCUT2D eigenvalue weighted by Crippen LogP contribution is 2.19. The molecule has 2 aromatic rings. The maximum absolute atomic E-state index is 9.00. The largest absolute Gasteiger partial charge is 0.395 e. The molecule has 6 heteroatoms. The summed E-state index contributed by atoms with van der Waals surface area (Å²) in [4.78, 5) is 6.30. The number of rotatable bonds is 7. The molecule has 0 bridgehead atoms. The first kappa shape index (κ1) is 14.7. The number of benzene rings is 1. The molecule has 1 aromatic carbocycles. The minimum absolute atomic E-state index is 0.0754. The van der Waals surface area contributed by atoms with Crippen molar-refractivity contribution >= 4 is 11.6 Å². The molecule has 0 fully saturated rings. The topological polar surface area (TPSA) is 62.4 Å². The molecule has 2 rings (SSSR count). The van der Waals surface area contributed by atoms with Crippen LogP contribution in [0.3, 0.4) is 0 Å². The fourth-order valence-electron chi connectivity index (χ4n) is 1.79. The van der Waals surface area contributed by atoms with Crippen LogP contribution in [-0.4, -0.2) is 39.8 Å². The standard InChI is InChI=1S/C14H16ClN3O2/c1-2-7-18(8-9-19)10-13-16-14(17-20-13)11-3-5-12(15)6-4-11/h2-6,19H,1,7-10H2. The molecule has 0 aliphatic carbocycles. The third-order valence-electron chi connectivity index (χ3n) is 2.73. The van der Waals surface area contributed by atoms with E-state index in [9.17, 15) is 0 Å². The summed E-state index contributed by atoms with van der Waals surface area (Å²) in [7, 11) is 0. The Balaban J connectivity index is 2.08. The van der Waals surface area contributed by atoms with Crippen LogP contribution in [0.25, 0.3) is 11.4 Å². The van der Waals surface area contributed by atoms with Gasteiger partial charge in [-0.15, -0.1) is 6.58 Å². The van der Waals surface area contributed by atoms with Gasteiger partial charge in [-0.3, -0.25) is 4.90 Å². The second kappa shape index (κ2) is 7.19. The van der Waals surface area contributed by atoms with E-state index in [1.807, 2.05) is 17.0 Å². The Morgan fingerprint density at radius 1 is 1.35 bits per heavy atom. The van der Waals surface area contributed by atoms with Gasteiger partial charge in [-0.1, -0.05) is 22.8 Å². The van der Waals surface area contributed by atoms with Crippen molar-refractivity contribution in [1.82, 2.24) is 15.0 Å². The van der Waals surface area contributed by atoms with E-state index in [1.165, 1.54) is 0 Å². The van der Waals surface area contributed by atoms with Crippen LogP contribution in [0.4, 0.5) is 0 Å². The van der Waals surface area contributed by atoms with Gasteiger partial charge >= 0.3 is 0 Å². The molecule has 1 aromatic heterocycles. The fraction of sp³-hybridized carbons (Fsp3) is 0.286. The Labute approximate surface area is 122 Å². The van der Waals surface area contributed by atoms with Crippen LogP contribution in [0.5, 0.6) is 0 Å². The minimum atomic E-state index is 0.0754. The molecule has 0 spiro atoms. The van der Waals surface area contributed by atoms with Crippen molar-refractivity contribution in [2.45, 2.75) is 6.54 Å². The predicted molar refractivity (Wildman–Crippen MR) is 77.3 cm³/mol. The molecule has 0 aliphatic rings. The molecule has 0 radical (unpaired) electrons. The summed E-state index contributed by atoms with van der Waals surface area (Å²) in [6, 6.07) is 7.24. The van der Waals surface area contributed by atoms with Crippen LogP contribution >= 0.6 is 11.6 Å². The number of hydrogen-bond acceptors (Lipinski definition) is 5. The van der Waals surface area contributed by atoms with E-state index in [1.54, 1.807) is 18.2 Å². The average Bonchev–Trinajstić information content (AvgIpc) is 2.89. The summed E-state index contributed by atoms with van der Waals surface area (Å²) in [5, 5.41) is 13.6. The predicted octanol–water partition coefficient (Wildman–Crippen LogP) is 2.37. The normalized spacial score (nSPS) is 10.9. The molecule has 106 valence electrons. The molecule has 0 amide bonds. The zero-order valence-corrected chi connectivity index (χ0v) is 11.8. The van der Waals surface area contributed by atoms with Crippen LogP contribution in [0.15, 0.2) is 41.4 Å². The number of aliphatic hydroxyl groups is 1. The fourth-order valence-corrected chi connectivity index (χ4v) is 1.91. The first-order chi connectivity index (χ1) is 9.72. The monoisotopic (exact) mass is 293 g/mol. The van der Waals surface area contributed by atoms with Gasteiger partial charge < -0.3 is 9.63 Å². The summed E-state index contributed by atoms with van der Waals surface area (Å²) in [6.07, 6.45) is 1.77. The Morgan fingerprint density at radius 2 is 2.10 bits per heavy atom. The number of nitrogens with zero attached hydrogens (tertiary/aromatic N) is 3. The summed E-state index contributed by atoms with van der Waals surface area (Å²) in [5.74, 6) is 1.03. The third-order valence-corrected chi connectivity index (χ3v) is 2.98. The summed E-state index contributed by atoms with van der Waals surface area (Å²) in [6.45, 7) is 5.42. The van der Waals surface area contributed by atoms with Gasteiger partial charge in [0, 0.05) is 23.7 Å². The second-order valence-electron chi connectivity index (χ2n) is 4.27. The maximum Gasteiger partial charge on any atom is 0.241 e. The van der Waals surface area contributed by atoms with Crippen molar-refractivity contribution in [1.29, 1.82) is 0 Å². The highest BCUT2D eigenvalue weighted by Gasteiger charge is 2.12. The molecule has 5 nitrogen and oxygen atoms in total. The quantitative estimate of drug-likeness (QED) is 0.794. The number of aromatic nitrogens is 2. The number of hydrogen-bond donors (Lipinski definition) is 1. The average molecular weight is 294 g/mol. The summed E-state index contributed by atoms with van der Waals surface area (Å²) >= 11 is 5.84. The van der Waals surface area contributed by atoms with Crippen molar-refractivity contribution in [3.05, 3.63) is 47.8 Å². The lowest BCUT2D eigenvalue weighted by atomic mass is 10.2. The molecule has 20 heavy (non-hydrogen) atoms. The number of halogens is 1. The van der Waals surface area contributed by atoms with Gasteiger partial charge in [-0.2, -0.15) is 4.98 Å². The highest BCUT2D eigenvalue weighted by molar-refractivity contribution is 6.30. The van der Waals surface area contributed by atoms with E-state index in [0.717, 1.165) is 5.56 Å². The Morgan fingerprint density at radius 3 is 2.75 bits per heavy atom. The van der Waals surface area contributed by atoms with Crippen molar-refractivity contribution in [3.63, 3.8) is 0 Å². The van der Waals surface area contributed by atoms with Crippen molar-refractivity contribution in [3.8, 4) is 11.4 Å². The van der Waals surface area contributed by atoms with E-state index in [0.29, 0.717) is 36.4 Å². The van der Waals surface area contributed by atoms with Crippen molar-refractivity contribution in [2.75, 3.05) is 19.7 Å². The van der Waals surface area contributed by atoms with Crippen molar-refractivity contribution in [2.24, 2.45) is 0 Å². The van der Waals surface area contributed by atoms with Crippen LogP contribution in [-0.2, 0) is 6.54 Å². The molecular weight excluding hydrogens is 278 g/mol. The Hall–Kier alpha value is -1.69. The smallest absolute Gasteiger partial charge is 0.241 e. The maximum atomic E-state index is 9.00. The van der Waals surface area contributed by atoms with E-state index in [-0.39, 0.29) is 6.61 Å². The molecule has 1 N–H and O–H groups in total. The van der Waals surface area contributed by atoms with E-state index in [2.05, 4.69) is 16.7 Å². The molecule has 0 saturated carbocycles. The number of aliphatic hydroxyl groups excluding tert-OH is 1. The van der Waals surface area contributed by atoms with Gasteiger partial charge in [0.2, 0.25) is 11.7 Å². The molecule has 0 unspecified atom stereocenters. The second-order valence-corrected chi connectivity index (χ2v) is 4.70. The Kier molecular flexibility index (Phi) is 5.29. The Bertz CT molecular complexity index is 554. The molecule has 0 aliphatic heterocycles. The first-order valence-corrected chi connectivity index (χ1v) is 6.63. The molecule has 0 atom stereocenters. The highest BCUT2D eigenvalue weighted by atomic mass is 35.5. The molecule has 0 saturated heterocycles. The van der Waals surface area contributed by atoms with E-state index < -0.39 is 0 Å². The lowest BCUT2D eigenvalue weighted by Crippen LogP contribution is -2.26. The molecular formula is C14H16ClN3O2. The SMILES string of the molecule is C=CCN(CCO)Cc1nc(-c2ccc(Cl)cc2)no1. The summed E-state index contributed by atoms with van der Waals surface area (Å²) in [5.41, 5.74) is 0.849. The van der Waals surface area contributed by atoms with Gasteiger partial charge in [0.15, 0.2) is 0 Å². The van der Waals surface area contributed by atoms with Crippen LogP contribution < -0.4 is 0 Å². The summed E-state index contributed by atoms with van der Waals surface area (Å²) < 4.78 is 5.22. The van der Waals surface area contributed by atoms with Gasteiger partial charge in [-0.25, -0.2) is 0 Å². The lowest BCUT2D eigenvalue weighted by molar-refractivity contribution is 0.186. The minimum Gasteiger partial charge on any atom is -0.395 e. The third kappa shape index (κ3) is 3.90. The van der Waals surface area contributed by atoms with Crippen LogP contribution in [0, 0.1) is 0 Å². The van der Waals surface area contributed by atoms with Gasteiger partial charge in [0.1, 0.15) is 0 Å². The van der Waals surface area contributed by atoms with E-state index >= 15 is 0 Å². The van der Waals surface area contributed by atoms with Gasteiger partial charge in [-0.05, 0) is 24.3 Å². The lowest BCUT2D eigenvalue weighted by Gasteiger charge is -2.16. The zero-order chi connectivity index (χ0) is 14.4. The first-order valence-electron chi connectivity index (χ1n) is 6.25.